The maximum atomic E-state index is 11.1. The van der Waals surface area contributed by atoms with Crippen LogP contribution < -0.4 is 5.32 Å². The van der Waals surface area contributed by atoms with E-state index in [0.717, 1.165) is 25.8 Å². The summed E-state index contributed by atoms with van der Waals surface area (Å²) in [4.78, 5) is 0. The summed E-state index contributed by atoms with van der Waals surface area (Å²) < 4.78 is 22.1. The first-order valence-corrected chi connectivity index (χ1v) is 8.40. The van der Waals surface area contributed by atoms with Crippen LogP contribution in [-0.2, 0) is 9.84 Å². The highest BCUT2D eigenvalue weighted by molar-refractivity contribution is 7.90. The van der Waals surface area contributed by atoms with Gasteiger partial charge in [-0.05, 0) is 52.0 Å². The quantitative estimate of drug-likeness (QED) is 0.768. The van der Waals surface area contributed by atoms with Crippen LogP contribution in [0.5, 0.6) is 0 Å². The summed E-state index contributed by atoms with van der Waals surface area (Å²) in [5.74, 6) is 0.309. The highest BCUT2D eigenvalue weighted by Crippen LogP contribution is 2.26. The van der Waals surface area contributed by atoms with E-state index in [2.05, 4.69) is 39.9 Å². The van der Waals surface area contributed by atoms with E-state index in [-0.39, 0.29) is 11.0 Å². The lowest BCUT2D eigenvalue weighted by molar-refractivity contribution is 0.282. The third-order valence-corrected chi connectivity index (χ3v) is 3.86. The van der Waals surface area contributed by atoms with Crippen LogP contribution in [0.2, 0.25) is 0 Å². The first kappa shape index (κ1) is 16.9. The zero-order valence-electron chi connectivity index (χ0n) is 12.3. The Kier molecular flexibility index (Phi) is 6.15. The molecule has 3 nitrogen and oxygen atoms in total. The molecule has 0 bridgehead atoms. The Labute approximate surface area is 107 Å². The van der Waals surface area contributed by atoms with Crippen LogP contribution in [0, 0.1) is 5.41 Å². The molecule has 0 fully saturated rings. The molecule has 0 aromatic heterocycles. The summed E-state index contributed by atoms with van der Waals surface area (Å²) in [5, 5.41) is 3.47. The molecule has 0 aliphatic carbocycles. The van der Waals surface area contributed by atoms with Gasteiger partial charge in [0.1, 0.15) is 9.84 Å². The molecule has 0 unspecified atom stereocenters. The highest BCUT2D eigenvalue weighted by atomic mass is 32.2. The predicted molar refractivity (Wildman–Crippen MR) is 75.1 cm³/mol. The fourth-order valence-electron chi connectivity index (χ4n) is 1.71. The molecule has 1 N–H and O–H groups in total. The largest absolute Gasteiger partial charge is 0.312 e. The summed E-state index contributed by atoms with van der Waals surface area (Å²) in [6.45, 7) is 11.9. The van der Waals surface area contributed by atoms with Crippen molar-refractivity contribution in [2.75, 3.05) is 18.6 Å². The smallest absolute Gasteiger partial charge is 0.147 e. The SMILES string of the molecule is CC(C)(CCCS(C)(=O)=O)CCNC(C)(C)C. The highest BCUT2D eigenvalue weighted by Gasteiger charge is 2.19. The van der Waals surface area contributed by atoms with E-state index in [1.54, 1.807) is 0 Å². The van der Waals surface area contributed by atoms with Crippen LogP contribution in [0.15, 0.2) is 0 Å². The van der Waals surface area contributed by atoms with Gasteiger partial charge in [0, 0.05) is 17.5 Å². The van der Waals surface area contributed by atoms with Crippen molar-refractivity contribution in [3.05, 3.63) is 0 Å². The molecule has 17 heavy (non-hydrogen) atoms. The summed E-state index contributed by atoms with van der Waals surface area (Å²) in [5.41, 5.74) is 0.367. The number of sulfone groups is 1. The van der Waals surface area contributed by atoms with Gasteiger partial charge in [0.2, 0.25) is 0 Å². The lowest BCUT2D eigenvalue weighted by atomic mass is 9.84. The normalized spacial score (nSPS) is 14.0. The first-order valence-electron chi connectivity index (χ1n) is 6.34. The van der Waals surface area contributed by atoms with Gasteiger partial charge in [-0.2, -0.15) is 0 Å². The van der Waals surface area contributed by atoms with Crippen molar-refractivity contribution in [3.63, 3.8) is 0 Å². The minimum atomic E-state index is -2.81. The summed E-state index contributed by atoms with van der Waals surface area (Å²) >= 11 is 0. The Morgan fingerprint density at radius 3 is 1.94 bits per heavy atom. The first-order chi connectivity index (χ1) is 7.41. The molecule has 0 aromatic carbocycles. The zero-order chi connectivity index (χ0) is 13.7. The van der Waals surface area contributed by atoms with E-state index in [4.69, 9.17) is 0 Å². The Balaban J connectivity index is 3.88. The van der Waals surface area contributed by atoms with E-state index < -0.39 is 9.84 Å². The molecular weight excluding hydrogens is 234 g/mol. The predicted octanol–water partition coefficient (Wildman–Crippen LogP) is 2.62. The minimum absolute atomic E-state index is 0.156. The van der Waals surface area contributed by atoms with Crippen LogP contribution in [0.25, 0.3) is 0 Å². The van der Waals surface area contributed by atoms with Crippen molar-refractivity contribution in [1.29, 1.82) is 0 Å². The lowest BCUT2D eigenvalue weighted by Gasteiger charge is -2.28. The van der Waals surface area contributed by atoms with Crippen molar-refractivity contribution in [3.8, 4) is 0 Å². The van der Waals surface area contributed by atoms with Crippen LogP contribution in [0.4, 0.5) is 0 Å². The molecule has 0 saturated heterocycles. The summed E-state index contributed by atoms with van der Waals surface area (Å²) in [6, 6.07) is 0. The molecule has 0 aliphatic heterocycles. The van der Waals surface area contributed by atoms with Crippen molar-refractivity contribution >= 4 is 9.84 Å². The second kappa shape index (κ2) is 6.19. The molecule has 0 heterocycles. The number of nitrogens with one attached hydrogen (secondary N) is 1. The molecular formula is C13H29NO2S. The average Bonchev–Trinajstić information content (AvgIpc) is 1.96. The van der Waals surface area contributed by atoms with Gasteiger partial charge in [-0.3, -0.25) is 0 Å². The lowest BCUT2D eigenvalue weighted by Crippen LogP contribution is -2.37. The maximum Gasteiger partial charge on any atom is 0.147 e. The Hall–Kier alpha value is -0.0900. The van der Waals surface area contributed by atoms with Crippen molar-refractivity contribution in [2.45, 2.75) is 59.4 Å². The molecule has 0 aliphatic rings. The minimum Gasteiger partial charge on any atom is -0.312 e. The van der Waals surface area contributed by atoms with E-state index in [0.29, 0.717) is 5.75 Å². The number of rotatable bonds is 7. The maximum absolute atomic E-state index is 11.1. The van der Waals surface area contributed by atoms with Gasteiger partial charge in [-0.25, -0.2) is 8.42 Å². The Bertz CT molecular complexity index is 313. The van der Waals surface area contributed by atoms with Gasteiger partial charge in [0.05, 0.1) is 0 Å². The Morgan fingerprint density at radius 1 is 1.00 bits per heavy atom. The fraction of sp³-hybridized carbons (Fsp3) is 1.00. The molecule has 0 radical (unpaired) electrons. The molecule has 0 aromatic rings. The second-order valence-corrected chi connectivity index (χ2v) is 9.08. The van der Waals surface area contributed by atoms with E-state index in [1.165, 1.54) is 6.26 Å². The van der Waals surface area contributed by atoms with Crippen molar-refractivity contribution in [1.82, 2.24) is 5.32 Å². The van der Waals surface area contributed by atoms with Crippen molar-refractivity contribution < 1.29 is 8.42 Å². The molecule has 0 atom stereocenters. The van der Waals surface area contributed by atoms with E-state index >= 15 is 0 Å². The third-order valence-electron chi connectivity index (χ3n) is 2.83. The van der Waals surface area contributed by atoms with Gasteiger partial charge in [0.15, 0.2) is 0 Å². The molecule has 0 saturated carbocycles. The standard InChI is InChI=1S/C13H29NO2S/c1-12(2,3)14-10-9-13(4,5)8-7-11-17(6,15)16/h14H,7-11H2,1-6H3. The van der Waals surface area contributed by atoms with Gasteiger partial charge >= 0.3 is 0 Å². The van der Waals surface area contributed by atoms with Crippen molar-refractivity contribution in [2.24, 2.45) is 5.41 Å². The molecule has 0 amide bonds. The Morgan fingerprint density at radius 2 is 1.53 bits per heavy atom. The second-order valence-electron chi connectivity index (χ2n) is 6.82. The van der Waals surface area contributed by atoms with Gasteiger partial charge < -0.3 is 5.32 Å². The summed E-state index contributed by atoms with van der Waals surface area (Å²) in [6.07, 6.45) is 4.11. The summed E-state index contributed by atoms with van der Waals surface area (Å²) in [7, 11) is -2.81. The van der Waals surface area contributed by atoms with E-state index in [9.17, 15) is 8.42 Å². The average molecular weight is 263 g/mol. The molecule has 0 spiro atoms. The molecule has 4 heteroatoms. The van der Waals surface area contributed by atoms with Crippen LogP contribution in [0.3, 0.4) is 0 Å². The van der Waals surface area contributed by atoms with Gasteiger partial charge in [-0.15, -0.1) is 0 Å². The van der Waals surface area contributed by atoms with Gasteiger partial charge in [-0.1, -0.05) is 13.8 Å². The van der Waals surface area contributed by atoms with Crippen LogP contribution >= 0.6 is 0 Å². The van der Waals surface area contributed by atoms with E-state index in [1.807, 2.05) is 0 Å². The van der Waals surface area contributed by atoms with Crippen LogP contribution in [-0.4, -0.2) is 32.5 Å². The third kappa shape index (κ3) is 12.2. The van der Waals surface area contributed by atoms with Crippen LogP contribution in [0.1, 0.15) is 53.9 Å². The number of hydrogen-bond acceptors (Lipinski definition) is 3. The zero-order valence-corrected chi connectivity index (χ0v) is 13.1. The topological polar surface area (TPSA) is 46.2 Å². The fourth-order valence-corrected chi connectivity index (χ4v) is 2.38. The molecule has 104 valence electrons. The monoisotopic (exact) mass is 263 g/mol. The number of hydrogen-bond donors (Lipinski definition) is 1. The van der Waals surface area contributed by atoms with Gasteiger partial charge in [0.25, 0.3) is 0 Å². The molecule has 0 rings (SSSR count).